The van der Waals surface area contributed by atoms with E-state index in [-0.39, 0.29) is 24.7 Å². The van der Waals surface area contributed by atoms with Gasteiger partial charge < -0.3 is 25.5 Å². The zero-order valence-corrected chi connectivity index (χ0v) is 23.0. The summed E-state index contributed by atoms with van der Waals surface area (Å²) in [5.74, 6) is 0.278. The van der Waals surface area contributed by atoms with Gasteiger partial charge in [-0.15, -0.1) is 11.3 Å². The number of carboxylic acid groups (broad SMARTS) is 1. The Labute approximate surface area is 230 Å². The number of rotatable bonds is 13. The van der Waals surface area contributed by atoms with Crippen LogP contribution in [0.15, 0.2) is 54.0 Å². The van der Waals surface area contributed by atoms with E-state index in [1.165, 1.54) is 10.5 Å². The first-order valence-electron chi connectivity index (χ1n) is 12.6. The SMILES string of the molecule is C[C@H](CNc1nc(Nc2ccc3ncsc3c2)nc(N(C)CCN(C)C(=O)CCC(=O)O)n1)c1ccccc1. The van der Waals surface area contributed by atoms with E-state index < -0.39 is 5.97 Å². The van der Waals surface area contributed by atoms with Gasteiger partial charge >= 0.3 is 5.97 Å². The van der Waals surface area contributed by atoms with Crippen molar-refractivity contribution >= 4 is 57.0 Å². The Kier molecular flexibility index (Phi) is 9.21. The molecule has 0 aliphatic heterocycles. The Morgan fingerprint density at radius 1 is 1.00 bits per heavy atom. The molecule has 204 valence electrons. The topological polar surface area (TPSA) is 136 Å². The van der Waals surface area contributed by atoms with Gasteiger partial charge in [0.15, 0.2) is 0 Å². The van der Waals surface area contributed by atoms with Crippen LogP contribution in [-0.4, -0.2) is 75.5 Å². The van der Waals surface area contributed by atoms with Gasteiger partial charge in [0, 0.05) is 45.8 Å². The van der Waals surface area contributed by atoms with Crippen LogP contribution in [0.1, 0.15) is 31.2 Å². The normalized spacial score (nSPS) is 11.7. The van der Waals surface area contributed by atoms with E-state index in [2.05, 4.69) is 49.6 Å². The van der Waals surface area contributed by atoms with Crippen LogP contribution in [0.2, 0.25) is 0 Å². The number of thiazole rings is 1. The van der Waals surface area contributed by atoms with Crippen molar-refractivity contribution in [2.45, 2.75) is 25.7 Å². The molecular weight excluding hydrogens is 516 g/mol. The number of aliphatic carboxylic acids is 1. The monoisotopic (exact) mass is 548 g/mol. The summed E-state index contributed by atoms with van der Waals surface area (Å²) in [5.41, 5.74) is 4.78. The molecule has 2 heterocycles. The Balaban J connectivity index is 1.49. The summed E-state index contributed by atoms with van der Waals surface area (Å²) in [6, 6.07) is 16.1. The van der Waals surface area contributed by atoms with Gasteiger partial charge in [-0.2, -0.15) is 15.0 Å². The quantitative estimate of drug-likeness (QED) is 0.223. The number of carboxylic acids is 1. The molecule has 1 amide bonds. The van der Waals surface area contributed by atoms with Crippen LogP contribution in [0.25, 0.3) is 10.2 Å². The fourth-order valence-electron chi connectivity index (χ4n) is 3.81. The summed E-state index contributed by atoms with van der Waals surface area (Å²) in [7, 11) is 3.50. The van der Waals surface area contributed by atoms with Crippen molar-refractivity contribution in [2.24, 2.45) is 0 Å². The lowest BCUT2D eigenvalue weighted by molar-refractivity contribution is -0.140. The molecule has 39 heavy (non-hydrogen) atoms. The number of carbonyl (C=O) groups is 2. The van der Waals surface area contributed by atoms with Crippen LogP contribution in [0.4, 0.5) is 23.5 Å². The fraction of sp³-hybridized carbons (Fsp3) is 0.333. The highest BCUT2D eigenvalue weighted by atomic mass is 32.1. The van der Waals surface area contributed by atoms with E-state index >= 15 is 0 Å². The van der Waals surface area contributed by atoms with E-state index in [1.807, 2.05) is 53.9 Å². The van der Waals surface area contributed by atoms with Crippen molar-refractivity contribution in [1.82, 2.24) is 24.8 Å². The molecule has 1 atom stereocenters. The van der Waals surface area contributed by atoms with E-state index in [0.29, 0.717) is 37.5 Å². The van der Waals surface area contributed by atoms with E-state index in [1.54, 1.807) is 18.4 Å². The maximum atomic E-state index is 12.2. The lowest BCUT2D eigenvalue weighted by Gasteiger charge is -2.23. The Morgan fingerprint density at radius 2 is 1.77 bits per heavy atom. The van der Waals surface area contributed by atoms with Gasteiger partial charge in [-0.25, -0.2) is 4.98 Å². The highest BCUT2D eigenvalue weighted by Crippen LogP contribution is 2.24. The average molecular weight is 549 g/mol. The molecule has 0 saturated heterocycles. The van der Waals surface area contributed by atoms with Crippen LogP contribution < -0.4 is 15.5 Å². The predicted octanol–water partition coefficient (Wildman–Crippen LogP) is 4.20. The van der Waals surface area contributed by atoms with Crippen molar-refractivity contribution in [3.63, 3.8) is 0 Å². The second kappa shape index (κ2) is 13.0. The van der Waals surface area contributed by atoms with Gasteiger partial charge in [-0.3, -0.25) is 9.59 Å². The van der Waals surface area contributed by atoms with Crippen LogP contribution in [-0.2, 0) is 9.59 Å². The minimum Gasteiger partial charge on any atom is -0.481 e. The second-order valence-corrected chi connectivity index (χ2v) is 10.2. The Hall–Kier alpha value is -4.32. The number of hydrogen-bond acceptors (Lipinski definition) is 10. The number of nitrogens with zero attached hydrogens (tertiary/aromatic N) is 6. The minimum atomic E-state index is -0.991. The Morgan fingerprint density at radius 3 is 2.54 bits per heavy atom. The predicted molar refractivity (Wildman–Crippen MR) is 154 cm³/mol. The van der Waals surface area contributed by atoms with E-state index in [0.717, 1.165) is 15.9 Å². The number of anilines is 4. The highest BCUT2D eigenvalue weighted by Gasteiger charge is 2.15. The third-order valence-electron chi connectivity index (χ3n) is 6.24. The molecule has 0 fully saturated rings. The van der Waals surface area contributed by atoms with Crippen LogP contribution in [0.3, 0.4) is 0 Å². The molecule has 2 aromatic carbocycles. The molecule has 2 aromatic heterocycles. The smallest absolute Gasteiger partial charge is 0.303 e. The molecule has 0 spiro atoms. The van der Waals surface area contributed by atoms with Crippen molar-refractivity contribution < 1.29 is 14.7 Å². The summed E-state index contributed by atoms with van der Waals surface area (Å²) in [5, 5.41) is 15.5. The molecule has 0 unspecified atom stereocenters. The zero-order chi connectivity index (χ0) is 27.8. The summed E-state index contributed by atoms with van der Waals surface area (Å²) >= 11 is 1.56. The maximum absolute atomic E-state index is 12.2. The number of benzene rings is 2. The third-order valence-corrected chi connectivity index (χ3v) is 7.03. The van der Waals surface area contributed by atoms with Crippen LogP contribution in [0, 0.1) is 0 Å². The van der Waals surface area contributed by atoms with Crippen LogP contribution >= 0.6 is 11.3 Å². The summed E-state index contributed by atoms with van der Waals surface area (Å²) < 4.78 is 1.05. The minimum absolute atomic E-state index is 0.0346. The molecule has 12 heteroatoms. The summed E-state index contributed by atoms with van der Waals surface area (Å²) in [4.78, 5) is 44.6. The largest absolute Gasteiger partial charge is 0.481 e. The fourth-order valence-corrected chi connectivity index (χ4v) is 4.52. The van der Waals surface area contributed by atoms with E-state index in [4.69, 9.17) is 5.11 Å². The molecule has 0 saturated carbocycles. The van der Waals surface area contributed by atoms with Gasteiger partial charge in [0.2, 0.25) is 23.8 Å². The number of aromatic nitrogens is 4. The standard InChI is InChI=1S/C27H32N8O3S/c1-18(19-7-5-4-6-8-19)16-28-25-31-26(30-20-9-10-21-22(15-20)39-17-29-21)33-27(32-25)35(3)14-13-34(2)23(36)11-12-24(37)38/h4-10,15,17-18H,11-14,16H2,1-3H3,(H,37,38)(H2,28,30,31,32,33)/t18-/m1/s1. The Bertz CT molecular complexity index is 1410. The molecule has 0 bridgehead atoms. The summed E-state index contributed by atoms with van der Waals surface area (Å²) in [6.45, 7) is 3.60. The average Bonchev–Trinajstić information content (AvgIpc) is 3.41. The molecule has 0 aliphatic rings. The first-order valence-corrected chi connectivity index (χ1v) is 13.5. The maximum Gasteiger partial charge on any atom is 0.303 e. The van der Waals surface area contributed by atoms with Crippen molar-refractivity contribution in [3.05, 3.63) is 59.6 Å². The molecule has 0 radical (unpaired) electrons. The van der Waals surface area contributed by atoms with Gasteiger partial charge in [0.05, 0.1) is 22.1 Å². The first-order chi connectivity index (χ1) is 18.8. The van der Waals surface area contributed by atoms with Gasteiger partial charge in [0.1, 0.15) is 0 Å². The number of carbonyl (C=O) groups excluding carboxylic acids is 1. The first kappa shape index (κ1) is 27.7. The van der Waals surface area contributed by atoms with Crippen molar-refractivity contribution in [2.75, 3.05) is 49.3 Å². The van der Waals surface area contributed by atoms with E-state index in [9.17, 15) is 9.59 Å². The van der Waals surface area contributed by atoms with Crippen molar-refractivity contribution in [1.29, 1.82) is 0 Å². The number of amides is 1. The molecule has 4 rings (SSSR count). The van der Waals surface area contributed by atoms with Gasteiger partial charge in [0.25, 0.3) is 0 Å². The van der Waals surface area contributed by atoms with Crippen LogP contribution in [0.5, 0.6) is 0 Å². The van der Waals surface area contributed by atoms with Gasteiger partial charge in [-0.1, -0.05) is 37.3 Å². The highest BCUT2D eigenvalue weighted by molar-refractivity contribution is 7.16. The molecule has 0 aliphatic carbocycles. The number of likely N-dealkylation sites (N-methyl/N-ethyl adjacent to an activating group) is 2. The molecule has 3 N–H and O–H groups in total. The summed E-state index contributed by atoms with van der Waals surface area (Å²) in [6.07, 6.45) is -0.224. The number of fused-ring (bicyclic) bond motifs is 1. The molecular formula is C27H32N8O3S. The second-order valence-electron chi connectivity index (χ2n) is 9.27. The zero-order valence-electron chi connectivity index (χ0n) is 22.2. The molecule has 11 nitrogen and oxygen atoms in total. The lowest BCUT2D eigenvalue weighted by atomic mass is 10.0. The van der Waals surface area contributed by atoms with Gasteiger partial charge in [-0.05, 0) is 29.7 Å². The molecule has 4 aromatic rings. The third kappa shape index (κ3) is 7.84. The lowest BCUT2D eigenvalue weighted by Crippen LogP contribution is -2.35. The van der Waals surface area contributed by atoms with Crippen molar-refractivity contribution in [3.8, 4) is 0 Å². The number of nitrogens with one attached hydrogen (secondary N) is 2. The number of hydrogen-bond donors (Lipinski definition) is 3.